The van der Waals surface area contributed by atoms with Crippen molar-refractivity contribution in [3.63, 3.8) is 0 Å². The number of nitrogens with two attached hydrogens (primary N) is 1. The molecule has 0 aromatic heterocycles. The Morgan fingerprint density at radius 2 is 2.37 bits per heavy atom. The first-order valence-electron chi connectivity index (χ1n) is 6.13. The Balaban J connectivity index is 2.21. The van der Waals surface area contributed by atoms with E-state index in [2.05, 4.69) is 10.1 Å². The van der Waals surface area contributed by atoms with Gasteiger partial charge < -0.3 is 15.8 Å². The fourth-order valence-corrected chi connectivity index (χ4v) is 3.13. The van der Waals surface area contributed by atoms with Crippen LogP contribution in [0.1, 0.15) is 23.2 Å². The highest BCUT2D eigenvalue weighted by Gasteiger charge is 2.18. The molecule has 0 radical (unpaired) electrons. The van der Waals surface area contributed by atoms with Crippen molar-refractivity contribution in [2.45, 2.75) is 18.9 Å². The summed E-state index contributed by atoms with van der Waals surface area (Å²) in [7, 11) is 1.27. The predicted molar refractivity (Wildman–Crippen MR) is 76.1 cm³/mol. The molecule has 6 heteroatoms. The molecule has 1 aromatic carbocycles. The number of halogens is 1. The summed E-state index contributed by atoms with van der Waals surface area (Å²) in [6, 6.07) is 2.81. The number of carbonyl (C=O) groups excluding carboxylic acids is 1. The number of nitrogens with one attached hydrogen (secondary N) is 1. The van der Waals surface area contributed by atoms with E-state index in [1.54, 1.807) is 0 Å². The van der Waals surface area contributed by atoms with E-state index in [0.717, 1.165) is 30.4 Å². The zero-order valence-electron chi connectivity index (χ0n) is 10.7. The van der Waals surface area contributed by atoms with Crippen LogP contribution in [0.25, 0.3) is 0 Å². The van der Waals surface area contributed by atoms with Gasteiger partial charge in [-0.1, -0.05) is 0 Å². The molecule has 1 atom stereocenters. The number of rotatable bonds is 3. The molecule has 1 aromatic rings. The van der Waals surface area contributed by atoms with E-state index in [9.17, 15) is 9.18 Å². The number of nitrogen functional groups attached to an aromatic ring is 1. The van der Waals surface area contributed by atoms with Crippen LogP contribution in [0, 0.1) is 5.82 Å². The highest BCUT2D eigenvalue weighted by molar-refractivity contribution is 7.99. The van der Waals surface area contributed by atoms with E-state index in [1.165, 1.54) is 13.2 Å². The maximum absolute atomic E-state index is 13.9. The Bertz CT molecular complexity index is 476. The largest absolute Gasteiger partial charge is 0.465 e. The molecule has 104 valence electrons. The van der Waals surface area contributed by atoms with Crippen molar-refractivity contribution >= 4 is 29.1 Å². The Hall–Kier alpha value is -1.43. The summed E-state index contributed by atoms with van der Waals surface area (Å²) in [5.41, 5.74) is 6.22. The van der Waals surface area contributed by atoms with Crippen molar-refractivity contribution in [2.24, 2.45) is 0 Å². The lowest BCUT2D eigenvalue weighted by Gasteiger charge is -2.24. The second-order valence-corrected chi connectivity index (χ2v) is 5.62. The molecule has 1 heterocycles. The third-order valence-electron chi connectivity index (χ3n) is 3.06. The molecule has 1 aliphatic rings. The van der Waals surface area contributed by atoms with Gasteiger partial charge in [-0.25, -0.2) is 9.18 Å². The van der Waals surface area contributed by atoms with Gasteiger partial charge in [0.1, 0.15) is 5.82 Å². The van der Waals surface area contributed by atoms with E-state index in [4.69, 9.17) is 5.73 Å². The number of esters is 1. The van der Waals surface area contributed by atoms with Gasteiger partial charge in [-0.05, 0) is 30.7 Å². The number of thioether (sulfide) groups is 1. The van der Waals surface area contributed by atoms with Crippen LogP contribution in [-0.2, 0) is 4.74 Å². The van der Waals surface area contributed by atoms with Crippen molar-refractivity contribution < 1.29 is 13.9 Å². The molecule has 1 aliphatic heterocycles. The fraction of sp³-hybridized carbons (Fsp3) is 0.462. The molecule has 0 amide bonds. The van der Waals surface area contributed by atoms with Crippen LogP contribution in [0.4, 0.5) is 15.8 Å². The summed E-state index contributed by atoms with van der Waals surface area (Å²) in [5, 5.41) is 3.14. The van der Waals surface area contributed by atoms with Crippen molar-refractivity contribution in [1.29, 1.82) is 0 Å². The maximum atomic E-state index is 13.9. The van der Waals surface area contributed by atoms with Gasteiger partial charge in [-0.15, -0.1) is 0 Å². The lowest BCUT2D eigenvalue weighted by atomic mass is 10.1. The molecule has 0 spiro atoms. The number of carbonyl (C=O) groups is 1. The molecular weight excluding hydrogens is 267 g/mol. The van der Waals surface area contributed by atoms with Crippen LogP contribution < -0.4 is 11.1 Å². The van der Waals surface area contributed by atoms with E-state index in [0.29, 0.717) is 5.69 Å². The summed E-state index contributed by atoms with van der Waals surface area (Å²) in [4.78, 5) is 11.5. The molecule has 1 fully saturated rings. The third-order valence-corrected chi connectivity index (χ3v) is 4.28. The first-order chi connectivity index (χ1) is 9.11. The monoisotopic (exact) mass is 284 g/mol. The molecule has 19 heavy (non-hydrogen) atoms. The summed E-state index contributed by atoms with van der Waals surface area (Å²) in [6.07, 6.45) is 2.12. The Morgan fingerprint density at radius 3 is 3.00 bits per heavy atom. The highest BCUT2D eigenvalue weighted by atomic mass is 32.2. The van der Waals surface area contributed by atoms with E-state index in [-0.39, 0.29) is 17.3 Å². The van der Waals surface area contributed by atoms with Crippen LogP contribution >= 0.6 is 11.8 Å². The van der Waals surface area contributed by atoms with Gasteiger partial charge in [-0.2, -0.15) is 11.8 Å². The van der Waals surface area contributed by atoms with Gasteiger partial charge in [0.25, 0.3) is 0 Å². The highest BCUT2D eigenvalue weighted by Crippen LogP contribution is 2.26. The van der Waals surface area contributed by atoms with Gasteiger partial charge in [0.2, 0.25) is 0 Å². The van der Waals surface area contributed by atoms with Crippen molar-refractivity contribution in [3.8, 4) is 0 Å². The number of hydrogen-bond acceptors (Lipinski definition) is 5. The lowest BCUT2D eigenvalue weighted by molar-refractivity contribution is 0.0602. The number of benzene rings is 1. The van der Waals surface area contributed by atoms with Crippen LogP contribution in [0.3, 0.4) is 0 Å². The summed E-state index contributed by atoms with van der Waals surface area (Å²) >= 11 is 1.85. The molecule has 4 nitrogen and oxygen atoms in total. The quantitative estimate of drug-likeness (QED) is 0.659. The van der Waals surface area contributed by atoms with Crippen LogP contribution in [0.15, 0.2) is 12.1 Å². The minimum atomic E-state index is -0.557. The fourth-order valence-electron chi connectivity index (χ4n) is 2.06. The standard InChI is InChI=1S/C13H17FN2O2S/c1-18-13(17)9-5-12(10(14)6-11(9)15)16-8-3-2-4-19-7-8/h5-6,8,16H,2-4,7,15H2,1H3. The SMILES string of the molecule is COC(=O)c1cc(NC2CCCSC2)c(F)cc1N. The molecular formula is C13H17FN2O2S. The topological polar surface area (TPSA) is 64.3 Å². The van der Waals surface area contributed by atoms with Gasteiger partial charge in [0.05, 0.1) is 18.4 Å². The minimum Gasteiger partial charge on any atom is -0.465 e. The zero-order chi connectivity index (χ0) is 13.8. The zero-order valence-corrected chi connectivity index (χ0v) is 11.6. The van der Waals surface area contributed by atoms with Gasteiger partial charge in [0.15, 0.2) is 0 Å². The van der Waals surface area contributed by atoms with Gasteiger partial charge in [0, 0.05) is 17.5 Å². The van der Waals surface area contributed by atoms with Crippen LogP contribution in [0.2, 0.25) is 0 Å². The minimum absolute atomic E-state index is 0.0907. The molecule has 0 bridgehead atoms. The van der Waals surface area contributed by atoms with Crippen molar-refractivity contribution in [1.82, 2.24) is 0 Å². The van der Waals surface area contributed by atoms with E-state index in [1.807, 2.05) is 11.8 Å². The summed E-state index contributed by atoms with van der Waals surface area (Å²) < 4.78 is 18.5. The van der Waals surface area contributed by atoms with E-state index >= 15 is 0 Å². The second-order valence-electron chi connectivity index (χ2n) is 4.47. The third kappa shape index (κ3) is 3.32. The van der Waals surface area contributed by atoms with Crippen molar-refractivity contribution in [3.05, 3.63) is 23.5 Å². The van der Waals surface area contributed by atoms with Crippen molar-refractivity contribution in [2.75, 3.05) is 29.7 Å². The van der Waals surface area contributed by atoms with Gasteiger partial charge >= 0.3 is 5.97 Å². The summed E-state index contributed by atoms with van der Waals surface area (Å²) in [6.45, 7) is 0. The number of methoxy groups -OCH3 is 1. The Morgan fingerprint density at radius 1 is 1.58 bits per heavy atom. The normalized spacial score (nSPS) is 18.9. The summed E-state index contributed by atoms with van der Waals surface area (Å²) in [5.74, 6) is 1.09. The number of anilines is 2. The molecule has 1 saturated heterocycles. The Kier molecular flexibility index (Phi) is 4.52. The maximum Gasteiger partial charge on any atom is 0.340 e. The predicted octanol–water partition coefficient (Wildman–Crippen LogP) is 2.50. The van der Waals surface area contributed by atoms with E-state index < -0.39 is 11.8 Å². The van der Waals surface area contributed by atoms with Crippen LogP contribution in [0.5, 0.6) is 0 Å². The van der Waals surface area contributed by atoms with Crippen LogP contribution in [-0.4, -0.2) is 30.6 Å². The second kappa shape index (κ2) is 6.14. The number of ether oxygens (including phenoxy) is 1. The molecule has 2 rings (SSSR count). The average Bonchev–Trinajstić information content (AvgIpc) is 2.42. The molecule has 3 N–H and O–H groups in total. The molecule has 0 saturated carbocycles. The smallest absolute Gasteiger partial charge is 0.340 e. The lowest BCUT2D eigenvalue weighted by Crippen LogP contribution is -2.26. The Labute approximate surface area is 115 Å². The molecule has 0 aliphatic carbocycles. The van der Waals surface area contributed by atoms with Gasteiger partial charge in [-0.3, -0.25) is 0 Å². The molecule has 1 unspecified atom stereocenters. The first-order valence-corrected chi connectivity index (χ1v) is 7.29. The number of hydrogen-bond donors (Lipinski definition) is 2. The average molecular weight is 284 g/mol. The first kappa shape index (κ1) is 14.0.